The van der Waals surface area contributed by atoms with Crippen molar-refractivity contribution in [1.29, 1.82) is 0 Å². The summed E-state index contributed by atoms with van der Waals surface area (Å²) in [4.78, 5) is 14.7. The van der Waals surface area contributed by atoms with Crippen molar-refractivity contribution in [3.63, 3.8) is 0 Å². The van der Waals surface area contributed by atoms with Crippen LogP contribution in [0, 0.1) is 0 Å². The number of hydrogen-bond donors (Lipinski definition) is 1. The molecule has 0 saturated carbocycles. The molecule has 124 valence electrons. The van der Waals surface area contributed by atoms with Gasteiger partial charge in [-0.25, -0.2) is 9.97 Å². The fraction of sp³-hybridized carbons (Fsp3) is 0.294. The van der Waals surface area contributed by atoms with Crippen LogP contribution in [-0.4, -0.2) is 28.0 Å². The van der Waals surface area contributed by atoms with E-state index in [4.69, 9.17) is 39.8 Å². The van der Waals surface area contributed by atoms with Crippen LogP contribution in [-0.2, 0) is 0 Å². The molecule has 0 bridgehead atoms. The summed E-state index contributed by atoms with van der Waals surface area (Å²) in [6.07, 6.45) is 5.49. The normalized spacial score (nSPS) is 15.2. The van der Waals surface area contributed by atoms with E-state index < -0.39 is 0 Å². The van der Waals surface area contributed by atoms with E-state index in [1.807, 2.05) is 18.3 Å². The first kappa shape index (κ1) is 16.0. The molecule has 0 aliphatic carbocycles. The Balaban J connectivity index is 1.74. The molecule has 24 heavy (non-hydrogen) atoms. The van der Waals surface area contributed by atoms with Gasteiger partial charge in [0.05, 0.1) is 32.3 Å². The monoisotopic (exact) mass is 380 g/mol. The van der Waals surface area contributed by atoms with Gasteiger partial charge in [0, 0.05) is 24.3 Å². The van der Waals surface area contributed by atoms with Gasteiger partial charge in [-0.3, -0.25) is 0 Å². The average molecular weight is 382 g/mol. The molecular weight excluding hydrogens is 367 g/mol. The third-order valence-corrected chi connectivity index (χ3v) is 5.61. The topological polar surface area (TPSA) is 44.8 Å². The molecule has 1 saturated heterocycles. The van der Waals surface area contributed by atoms with Crippen molar-refractivity contribution >= 4 is 51.8 Å². The lowest BCUT2D eigenvalue weighted by Crippen LogP contribution is -2.30. The summed E-state index contributed by atoms with van der Waals surface area (Å²) in [7, 11) is 0. The third-order valence-electron chi connectivity index (χ3n) is 4.32. The fourth-order valence-corrected chi connectivity index (χ4v) is 3.67. The van der Waals surface area contributed by atoms with Gasteiger partial charge in [0.15, 0.2) is 0 Å². The standard InChI is InChI=1S/C17H15Cl3N4/c18-11-5-4-10(15(19)16(11)20)12-8-13-14(22-12)9-21-17(23-13)24-6-2-1-3-7-24/h4-5,8-9,22H,1-3,6-7H2. The Morgan fingerprint density at radius 3 is 2.58 bits per heavy atom. The van der Waals surface area contributed by atoms with E-state index in [0.29, 0.717) is 15.1 Å². The van der Waals surface area contributed by atoms with Crippen LogP contribution in [0.25, 0.3) is 22.3 Å². The number of halogens is 3. The summed E-state index contributed by atoms with van der Waals surface area (Å²) >= 11 is 18.5. The van der Waals surface area contributed by atoms with Crippen molar-refractivity contribution in [2.24, 2.45) is 0 Å². The van der Waals surface area contributed by atoms with Crippen LogP contribution < -0.4 is 4.90 Å². The van der Waals surface area contributed by atoms with Crippen LogP contribution in [0.4, 0.5) is 5.95 Å². The molecule has 1 fully saturated rings. The zero-order valence-electron chi connectivity index (χ0n) is 12.8. The Morgan fingerprint density at radius 2 is 1.79 bits per heavy atom. The molecule has 0 amide bonds. The molecule has 1 aromatic carbocycles. The Kier molecular flexibility index (Phi) is 4.29. The van der Waals surface area contributed by atoms with Crippen molar-refractivity contribution in [1.82, 2.24) is 15.0 Å². The zero-order valence-corrected chi connectivity index (χ0v) is 15.1. The van der Waals surface area contributed by atoms with E-state index in [1.165, 1.54) is 19.3 Å². The molecule has 0 atom stereocenters. The molecule has 7 heteroatoms. The van der Waals surface area contributed by atoms with Crippen molar-refractivity contribution < 1.29 is 0 Å². The zero-order chi connectivity index (χ0) is 16.7. The minimum absolute atomic E-state index is 0.356. The van der Waals surface area contributed by atoms with Gasteiger partial charge in [-0.1, -0.05) is 34.8 Å². The second-order valence-corrected chi connectivity index (χ2v) is 7.09. The highest BCUT2D eigenvalue weighted by molar-refractivity contribution is 6.49. The summed E-state index contributed by atoms with van der Waals surface area (Å²) in [6, 6.07) is 5.55. The highest BCUT2D eigenvalue weighted by Gasteiger charge is 2.16. The first-order valence-corrected chi connectivity index (χ1v) is 9.01. The summed E-state index contributed by atoms with van der Waals surface area (Å²) in [5, 5.41) is 1.23. The fourth-order valence-electron chi connectivity index (χ4n) is 3.03. The lowest BCUT2D eigenvalue weighted by molar-refractivity contribution is 0.569. The minimum atomic E-state index is 0.356. The Morgan fingerprint density at radius 1 is 1.00 bits per heavy atom. The molecule has 1 aliphatic heterocycles. The van der Waals surface area contributed by atoms with Crippen LogP contribution in [0.1, 0.15) is 19.3 Å². The maximum absolute atomic E-state index is 6.33. The van der Waals surface area contributed by atoms with Crippen molar-refractivity contribution in [3.8, 4) is 11.3 Å². The molecule has 1 aliphatic rings. The van der Waals surface area contributed by atoms with Gasteiger partial charge in [-0.05, 0) is 37.5 Å². The maximum Gasteiger partial charge on any atom is 0.225 e. The number of aromatic nitrogens is 3. The molecule has 3 heterocycles. The number of nitrogens with zero attached hydrogens (tertiary/aromatic N) is 3. The smallest absolute Gasteiger partial charge is 0.225 e. The first-order valence-electron chi connectivity index (χ1n) is 7.88. The van der Waals surface area contributed by atoms with Gasteiger partial charge in [-0.2, -0.15) is 0 Å². The molecule has 0 radical (unpaired) electrons. The minimum Gasteiger partial charge on any atom is -0.352 e. The average Bonchev–Trinajstić information content (AvgIpc) is 3.03. The Bertz CT molecular complexity index is 900. The van der Waals surface area contributed by atoms with Crippen LogP contribution in [0.5, 0.6) is 0 Å². The number of hydrogen-bond acceptors (Lipinski definition) is 3. The predicted octanol–water partition coefficient (Wildman–Crippen LogP) is 5.58. The number of piperidine rings is 1. The molecule has 4 nitrogen and oxygen atoms in total. The van der Waals surface area contributed by atoms with Crippen molar-refractivity contribution in [3.05, 3.63) is 39.5 Å². The van der Waals surface area contributed by atoms with Gasteiger partial charge in [0.2, 0.25) is 5.95 Å². The van der Waals surface area contributed by atoms with E-state index in [0.717, 1.165) is 41.3 Å². The highest BCUT2D eigenvalue weighted by Crippen LogP contribution is 2.38. The summed E-state index contributed by atoms with van der Waals surface area (Å²) < 4.78 is 0. The lowest BCUT2D eigenvalue weighted by Gasteiger charge is -2.26. The van der Waals surface area contributed by atoms with E-state index in [-0.39, 0.29) is 0 Å². The van der Waals surface area contributed by atoms with Gasteiger partial charge in [-0.15, -0.1) is 0 Å². The third kappa shape index (κ3) is 2.83. The number of aromatic amines is 1. The number of benzene rings is 1. The highest BCUT2D eigenvalue weighted by atomic mass is 35.5. The molecule has 3 aromatic rings. The largest absolute Gasteiger partial charge is 0.352 e. The van der Waals surface area contributed by atoms with Crippen molar-refractivity contribution in [2.75, 3.05) is 18.0 Å². The SMILES string of the molecule is Clc1ccc(-c2cc3nc(N4CCCCC4)ncc3[nH]2)c(Cl)c1Cl. The summed E-state index contributed by atoms with van der Waals surface area (Å²) in [6.45, 7) is 2.03. The van der Waals surface area contributed by atoms with Crippen LogP contribution >= 0.6 is 34.8 Å². The molecule has 1 N–H and O–H groups in total. The maximum atomic E-state index is 6.33. The van der Waals surface area contributed by atoms with Gasteiger partial charge >= 0.3 is 0 Å². The molecular formula is C17H15Cl3N4. The van der Waals surface area contributed by atoms with Crippen LogP contribution in [0.15, 0.2) is 24.4 Å². The number of rotatable bonds is 2. The molecule has 4 rings (SSSR count). The van der Waals surface area contributed by atoms with E-state index in [9.17, 15) is 0 Å². The van der Waals surface area contributed by atoms with Gasteiger partial charge in [0.25, 0.3) is 0 Å². The van der Waals surface area contributed by atoms with Gasteiger partial charge in [0.1, 0.15) is 0 Å². The predicted molar refractivity (Wildman–Crippen MR) is 100 cm³/mol. The first-order chi connectivity index (χ1) is 11.6. The number of fused-ring (bicyclic) bond motifs is 1. The molecule has 0 unspecified atom stereocenters. The van der Waals surface area contributed by atoms with Crippen LogP contribution in [0.2, 0.25) is 15.1 Å². The quantitative estimate of drug-likeness (QED) is 0.590. The number of nitrogens with one attached hydrogen (secondary N) is 1. The number of anilines is 1. The summed E-state index contributed by atoms with van der Waals surface area (Å²) in [5.41, 5.74) is 3.37. The van der Waals surface area contributed by atoms with Crippen molar-refractivity contribution in [2.45, 2.75) is 19.3 Å². The van der Waals surface area contributed by atoms with E-state index in [1.54, 1.807) is 6.07 Å². The number of H-pyrrole nitrogens is 1. The molecule has 2 aromatic heterocycles. The lowest BCUT2D eigenvalue weighted by atomic mass is 10.1. The Hall–Kier alpha value is -1.49. The van der Waals surface area contributed by atoms with E-state index in [2.05, 4.69) is 14.9 Å². The molecule has 0 spiro atoms. The van der Waals surface area contributed by atoms with Crippen LogP contribution in [0.3, 0.4) is 0 Å². The second-order valence-electron chi connectivity index (χ2n) is 5.92. The van der Waals surface area contributed by atoms with E-state index >= 15 is 0 Å². The summed E-state index contributed by atoms with van der Waals surface area (Å²) in [5.74, 6) is 0.785. The Labute approximate surface area is 154 Å². The van der Waals surface area contributed by atoms with Gasteiger partial charge < -0.3 is 9.88 Å². The second kappa shape index (κ2) is 6.43.